The number of amides is 4. The van der Waals surface area contributed by atoms with Crippen molar-refractivity contribution in [3.63, 3.8) is 0 Å². The molecule has 1 N–H and O–H groups in total. The first-order valence-corrected chi connectivity index (χ1v) is 19.2. The highest BCUT2D eigenvalue weighted by atomic mass is 32.2. The van der Waals surface area contributed by atoms with Crippen LogP contribution in [0.2, 0.25) is 0 Å². The Morgan fingerprint density at radius 2 is 1.68 bits per heavy atom. The van der Waals surface area contributed by atoms with E-state index in [1.54, 1.807) is 38.2 Å². The van der Waals surface area contributed by atoms with Gasteiger partial charge in [-0.2, -0.15) is 12.7 Å². The summed E-state index contributed by atoms with van der Waals surface area (Å²) in [5.74, 6) is 0.499. The number of hydrogen-bond acceptors (Lipinski definition) is 6. The van der Waals surface area contributed by atoms with E-state index in [9.17, 15) is 22.8 Å². The van der Waals surface area contributed by atoms with Crippen LogP contribution in [-0.2, 0) is 21.5 Å². The van der Waals surface area contributed by atoms with Crippen LogP contribution in [0.5, 0.6) is 5.75 Å². The Labute approximate surface area is 293 Å². The summed E-state index contributed by atoms with van der Waals surface area (Å²) >= 11 is 0. The van der Waals surface area contributed by atoms with Gasteiger partial charge in [-0.25, -0.2) is 9.52 Å². The Kier molecular flexibility index (Phi) is 7.76. The van der Waals surface area contributed by atoms with Gasteiger partial charge in [0.1, 0.15) is 5.75 Å². The normalized spacial score (nSPS) is 25.6. The molecule has 3 aliphatic heterocycles. The molecule has 13 heteroatoms. The van der Waals surface area contributed by atoms with Crippen LogP contribution >= 0.6 is 0 Å². The van der Waals surface area contributed by atoms with Crippen molar-refractivity contribution in [2.24, 2.45) is 5.41 Å². The Morgan fingerprint density at radius 3 is 2.34 bits per heavy atom. The van der Waals surface area contributed by atoms with Gasteiger partial charge in [-0.3, -0.25) is 9.59 Å². The number of likely N-dealkylation sites (tertiary alicyclic amines) is 2. The Morgan fingerprint density at radius 1 is 0.960 bits per heavy atom. The summed E-state index contributed by atoms with van der Waals surface area (Å²) in [6.07, 6.45) is 7.21. The number of urea groups is 1. The van der Waals surface area contributed by atoms with Gasteiger partial charge in [0.25, 0.3) is 5.91 Å². The van der Waals surface area contributed by atoms with E-state index in [-0.39, 0.29) is 35.5 Å². The van der Waals surface area contributed by atoms with Crippen LogP contribution in [0.25, 0.3) is 22.2 Å². The highest BCUT2D eigenvalue weighted by Crippen LogP contribution is 2.67. The van der Waals surface area contributed by atoms with Crippen LogP contribution in [-0.4, -0.2) is 110 Å². The molecular weight excluding hydrogens is 657 g/mol. The largest absolute Gasteiger partial charge is 0.497 e. The zero-order valence-electron chi connectivity index (χ0n) is 29.4. The molecule has 0 radical (unpaired) electrons. The number of piperazine rings is 1. The van der Waals surface area contributed by atoms with E-state index in [0.29, 0.717) is 32.0 Å². The summed E-state index contributed by atoms with van der Waals surface area (Å²) in [7, 11) is 3.94. The van der Waals surface area contributed by atoms with E-state index in [0.717, 1.165) is 69.9 Å². The van der Waals surface area contributed by atoms with Crippen molar-refractivity contribution in [3.05, 3.63) is 53.1 Å². The number of nitrogens with zero attached hydrogens (tertiary/aromatic N) is 5. The number of carbonyl (C=O) groups is 3. The number of rotatable bonds is 6. The number of benzene rings is 2. The molecule has 0 unspecified atom stereocenters. The fraction of sp³-hybridized carbons (Fsp3) is 0.541. The molecule has 4 fully saturated rings. The van der Waals surface area contributed by atoms with Crippen LogP contribution in [0.15, 0.2) is 36.4 Å². The lowest BCUT2D eigenvalue weighted by Gasteiger charge is -2.57. The number of ether oxygens (including phenoxy) is 1. The van der Waals surface area contributed by atoms with Crippen molar-refractivity contribution in [2.75, 3.05) is 48.4 Å². The minimum Gasteiger partial charge on any atom is -0.497 e. The molecule has 50 heavy (non-hydrogen) atoms. The predicted octanol–water partition coefficient (Wildman–Crippen LogP) is 4.35. The third-order valence-electron chi connectivity index (χ3n) is 12.0. The third-order valence-corrected chi connectivity index (χ3v) is 13.4. The molecule has 0 spiro atoms. The summed E-state index contributed by atoms with van der Waals surface area (Å²) < 4.78 is 36.4. The minimum atomic E-state index is -3.99. The topological polar surface area (TPSA) is 124 Å². The highest BCUT2D eigenvalue weighted by Gasteiger charge is 2.66. The van der Waals surface area contributed by atoms with E-state index < -0.39 is 21.5 Å². The first-order valence-electron chi connectivity index (χ1n) is 17.7. The fourth-order valence-corrected chi connectivity index (χ4v) is 9.86. The van der Waals surface area contributed by atoms with E-state index in [1.165, 1.54) is 26.1 Å². The van der Waals surface area contributed by atoms with Crippen molar-refractivity contribution in [1.82, 2.24) is 28.3 Å². The monoisotopic (exact) mass is 702 g/mol. The smallest absolute Gasteiger partial charge is 0.319 e. The summed E-state index contributed by atoms with van der Waals surface area (Å²) in [6, 6.07) is 11.7. The molecule has 3 aromatic rings. The van der Waals surface area contributed by atoms with Gasteiger partial charge in [-0.15, -0.1) is 0 Å². The second-order valence-corrected chi connectivity index (χ2v) is 17.2. The van der Waals surface area contributed by atoms with Gasteiger partial charge in [0.15, 0.2) is 0 Å². The maximum Gasteiger partial charge on any atom is 0.319 e. The molecule has 1 aromatic heterocycles. The molecule has 2 saturated carbocycles. The average molecular weight is 703 g/mol. The number of aromatic nitrogens is 1. The SMILES string of the molecule is COc1ccc2c(c1)[C@@H]1C[C@]1(C(=O)N1[C@@H]3C[C@H]1CN(C(=O)N(C)C)C3)Cn1c-2c(C2CCCCC2)c2ccc(C(=O)NS(=O)(=O)N(C)C)cc21. The van der Waals surface area contributed by atoms with Crippen molar-refractivity contribution < 1.29 is 27.5 Å². The highest BCUT2D eigenvalue weighted by molar-refractivity contribution is 7.87. The van der Waals surface area contributed by atoms with Crippen LogP contribution in [0.1, 0.15) is 78.3 Å². The molecule has 12 nitrogen and oxygen atoms in total. The van der Waals surface area contributed by atoms with Crippen molar-refractivity contribution in [3.8, 4) is 17.0 Å². The molecule has 8 rings (SSSR count). The second-order valence-electron chi connectivity index (χ2n) is 15.3. The van der Waals surface area contributed by atoms with Gasteiger partial charge in [-0.05, 0) is 73.1 Å². The number of nitrogens with one attached hydrogen (secondary N) is 1. The predicted molar refractivity (Wildman–Crippen MR) is 189 cm³/mol. The first-order chi connectivity index (χ1) is 23.8. The van der Waals surface area contributed by atoms with Crippen molar-refractivity contribution in [1.29, 1.82) is 0 Å². The zero-order chi connectivity index (χ0) is 35.3. The molecule has 266 valence electrons. The summed E-state index contributed by atoms with van der Waals surface area (Å²) in [5.41, 5.74) is 4.93. The second kappa shape index (κ2) is 11.7. The Balaban J connectivity index is 1.26. The summed E-state index contributed by atoms with van der Waals surface area (Å²) in [6.45, 7) is 1.51. The van der Waals surface area contributed by atoms with Crippen molar-refractivity contribution >= 4 is 39.0 Å². The van der Waals surface area contributed by atoms with Gasteiger partial charge in [-0.1, -0.05) is 25.3 Å². The molecule has 4 atom stereocenters. The van der Waals surface area contributed by atoms with Crippen LogP contribution < -0.4 is 9.46 Å². The number of piperidine rings is 1. The molecule has 2 aliphatic carbocycles. The first kappa shape index (κ1) is 33.1. The maximum absolute atomic E-state index is 15.0. The van der Waals surface area contributed by atoms with Gasteiger partial charge in [0.2, 0.25) is 5.91 Å². The fourth-order valence-electron chi connectivity index (χ4n) is 9.33. The number of fused-ring (bicyclic) bond motifs is 9. The summed E-state index contributed by atoms with van der Waals surface area (Å²) in [5, 5.41) is 1.04. The number of carbonyl (C=O) groups excluding carboxylic acids is 3. The minimum absolute atomic E-state index is 0.00759. The molecule has 4 heterocycles. The maximum atomic E-state index is 15.0. The lowest BCUT2D eigenvalue weighted by Crippen LogP contribution is -2.72. The van der Waals surface area contributed by atoms with Gasteiger partial charge >= 0.3 is 16.2 Å². The van der Waals surface area contributed by atoms with E-state index in [4.69, 9.17) is 4.74 Å². The standard InChI is InChI=1S/C37H46N6O6S/c1-39(2)36(46)41-19-24-16-25(20-41)43(24)35(45)37-18-30(37)29-17-26(49-5)12-14-27(29)33-32(22-9-7-6-8-10-22)28-13-11-23(15-31(28)42(33)21-37)34(44)38-50(47,48)40(3)4/h11-15,17,22,24-25,30H,6-10,16,18-21H2,1-5H3,(H,38,44)/t24-,25+,30-,37-/m0/s1. The van der Waals surface area contributed by atoms with E-state index in [2.05, 4.69) is 26.3 Å². The van der Waals surface area contributed by atoms with E-state index in [1.807, 2.05) is 17.0 Å². The molecule has 2 bridgehead atoms. The zero-order valence-corrected chi connectivity index (χ0v) is 30.3. The van der Waals surface area contributed by atoms with Crippen LogP contribution in [0.3, 0.4) is 0 Å². The molecule has 2 aromatic carbocycles. The Hall–Kier alpha value is -4.10. The Bertz CT molecular complexity index is 2020. The van der Waals surface area contributed by atoms with Crippen molar-refractivity contribution in [2.45, 2.75) is 75.4 Å². The number of hydrogen-bond donors (Lipinski definition) is 1. The van der Waals surface area contributed by atoms with Gasteiger partial charge in [0, 0.05) is 75.8 Å². The van der Waals surface area contributed by atoms with Crippen LogP contribution in [0, 0.1) is 5.41 Å². The lowest BCUT2D eigenvalue weighted by molar-refractivity contribution is -0.159. The van der Waals surface area contributed by atoms with Gasteiger partial charge in [0.05, 0.1) is 30.3 Å². The van der Waals surface area contributed by atoms with Crippen LogP contribution in [0.4, 0.5) is 4.79 Å². The average Bonchev–Trinajstić information content (AvgIpc) is 3.77. The summed E-state index contributed by atoms with van der Waals surface area (Å²) in [4.78, 5) is 46.7. The third kappa shape index (κ3) is 5.02. The molecule has 4 amide bonds. The quantitative estimate of drug-likeness (QED) is 0.408. The lowest BCUT2D eigenvalue weighted by atomic mass is 9.81. The molecule has 5 aliphatic rings. The number of methoxy groups -OCH3 is 1. The van der Waals surface area contributed by atoms with Gasteiger partial charge < -0.3 is 24.0 Å². The molecular formula is C37H46N6O6S. The van der Waals surface area contributed by atoms with E-state index >= 15 is 0 Å². The molecule has 2 saturated heterocycles.